The van der Waals surface area contributed by atoms with Crippen LogP contribution in [-0.4, -0.2) is 30.8 Å². The first-order valence-corrected chi connectivity index (χ1v) is 10.8. The first kappa shape index (κ1) is 22.7. The maximum Gasteiger partial charge on any atom is 0.338 e. The Bertz CT molecular complexity index is 1110. The van der Waals surface area contributed by atoms with Gasteiger partial charge in [0.2, 0.25) is 0 Å². The first-order valence-electron chi connectivity index (χ1n) is 10.8. The van der Waals surface area contributed by atoms with Crippen LogP contribution in [0, 0.1) is 19.7 Å². The van der Waals surface area contributed by atoms with Gasteiger partial charge >= 0.3 is 11.9 Å². The molecule has 0 aliphatic carbocycles. The fourth-order valence-electron chi connectivity index (χ4n) is 3.71. The van der Waals surface area contributed by atoms with Gasteiger partial charge in [-0.3, -0.25) is 0 Å². The van der Waals surface area contributed by atoms with Crippen molar-refractivity contribution in [3.63, 3.8) is 0 Å². The normalized spacial score (nSPS) is 19.8. The van der Waals surface area contributed by atoms with Crippen molar-refractivity contribution in [3.05, 3.63) is 106 Å². The molecule has 6 heteroatoms. The number of carbonyl (C=O) groups excluding carboxylic acids is 2. The second kappa shape index (κ2) is 9.96. The molecule has 1 aliphatic heterocycles. The van der Waals surface area contributed by atoms with Crippen molar-refractivity contribution in [2.24, 2.45) is 0 Å². The molecule has 0 saturated carbocycles. The molecule has 0 amide bonds. The first-order chi connectivity index (χ1) is 15.9. The zero-order valence-electron chi connectivity index (χ0n) is 18.5. The number of hydrogen-bond acceptors (Lipinski definition) is 5. The Balaban J connectivity index is 1.47. The minimum absolute atomic E-state index is 0.0732. The molecule has 3 aromatic rings. The van der Waals surface area contributed by atoms with Crippen LogP contribution in [0.4, 0.5) is 4.39 Å². The van der Waals surface area contributed by atoms with E-state index in [0.717, 1.165) is 16.7 Å². The van der Waals surface area contributed by atoms with Gasteiger partial charge in [-0.15, -0.1) is 0 Å². The molecule has 0 aromatic heterocycles. The number of hydrogen-bond donors (Lipinski definition) is 0. The third kappa shape index (κ3) is 5.65. The highest BCUT2D eigenvalue weighted by atomic mass is 19.1. The minimum Gasteiger partial charge on any atom is -0.459 e. The summed E-state index contributed by atoms with van der Waals surface area (Å²) in [6.45, 7) is 3.80. The largest absolute Gasteiger partial charge is 0.459 e. The lowest BCUT2D eigenvalue weighted by Crippen LogP contribution is -2.32. The van der Waals surface area contributed by atoms with Crippen molar-refractivity contribution in [3.8, 4) is 0 Å². The Morgan fingerprint density at radius 1 is 0.848 bits per heavy atom. The second-order valence-electron chi connectivity index (χ2n) is 8.22. The Morgan fingerprint density at radius 2 is 1.39 bits per heavy atom. The zero-order chi connectivity index (χ0) is 23.4. The van der Waals surface area contributed by atoms with Crippen molar-refractivity contribution in [1.82, 2.24) is 0 Å². The number of carbonyl (C=O) groups is 2. The topological polar surface area (TPSA) is 61.8 Å². The predicted molar refractivity (Wildman–Crippen MR) is 120 cm³/mol. The van der Waals surface area contributed by atoms with E-state index in [0.29, 0.717) is 17.5 Å². The molecular formula is C27H25FO5. The molecule has 0 unspecified atom stereocenters. The smallest absolute Gasteiger partial charge is 0.338 e. The van der Waals surface area contributed by atoms with E-state index in [1.54, 1.807) is 36.4 Å². The Kier molecular flexibility index (Phi) is 6.84. The summed E-state index contributed by atoms with van der Waals surface area (Å²) in [7, 11) is 0. The number of esters is 2. The lowest BCUT2D eigenvalue weighted by molar-refractivity contribution is -0.0427. The molecule has 1 heterocycles. The quantitative estimate of drug-likeness (QED) is 0.476. The maximum absolute atomic E-state index is 13.3. The van der Waals surface area contributed by atoms with Gasteiger partial charge in [-0.05, 0) is 55.8 Å². The van der Waals surface area contributed by atoms with Crippen LogP contribution in [0.2, 0.25) is 0 Å². The molecule has 4 rings (SSSR count). The lowest BCUT2D eigenvalue weighted by atomic mass is 10.0. The SMILES string of the molecule is Cc1ccc(C(=O)OC[C@H]2O[C@@H](c3ccc(F)cc3)C[C@@H]2OC(=O)c2ccc(C)cc2)cc1. The summed E-state index contributed by atoms with van der Waals surface area (Å²) in [5.41, 5.74) is 3.70. The molecule has 0 bridgehead atoms. The Hall–Kier alpha value is -3.51. The summed E-state index contributed by atoms with van der Waals surface area (Å²) >= 11 is 0. The van der Waals surface area contributed by atoms with Crippen LogP contribution >= 0.6 is 0 Å². The molecule has 5 nitrogen and oxygen atoms in total. The van der Waals surface area contributed by atoms with Crippen LogP contribution in [0.1, 0.15) is 49.9 Å². The van der Waals surface area contributed by atoms with Crippen LogP contribution in [0.25, 0.3) is 0 Å². The summed E-state index contributed by atoms with van der Waals surface area (Å²) in [5.74, 6) is -1.30. The third-order valence-electron chi connectivity index (χ3n) is 5.65. The van der Waals surface area contributed by atoms with Gasteiger partial charge in [0.15, 0.2) is 0 Å². The molecule has 3 aromatic carbocycles. The number of rotatable bonds is 6. The maximum atomic E-state index is 13.3. The van der Waals surface area contributed by atoms with Crippen molar-refractivity contribution in [1.29, 1.82) is 0 Å². The second-order valence-corrected chi connectivity index (χ2v) is 8.22. The number of ether oxygens (including phenoxy) is 3. The molecule has 0 N–H and O–H groups in total. The van der Waals surface area contributed by atoms with Gasteiger partial charge in [-0.25, -0.2) is 14.0 Å². The number of halogens is 1. The van der Waals surface area contributed by atoms with E-state index in [1.165, 1.54) is 12.1 Å². The minimum atomic E-state index is -0.649. The molecular weight excluding hydrogens is 423 g/mol. The van der Waals surface area contributed by atoms with Crippen LogP contribution < -0.4 is 0 Å². The third-order valence-corrected chi connectivity index (χ3v) is 5.65. The van der Waals surface area contributed by atoms with Crippen LogP contribution in [0.15, 0.2) is 72.8 Å². The van der Waals surface area contributed by atoms with Crippen LogP contribution in [0.3, 0.4) is 0 Å². The van der Waals surface area contributed by atoms with Crippen molar-refractivity contribution in [2.75, 3.05) is 6.61 Å². The van der Waals surface area contributed by atoms with E-state index in [9.17, 15) is 14.0 Å². The Morgan fingerprint density at radius 3 is 1.97 bits per heavy atom. The van der Waals surface area contributed by atoms with Crippen LogP contribution in [-0.2, 0) is 14.2 Å². The summed E-state index contributed by atoms with van der Waals surface area (Å²) < 4.78 is 30.7. The van der Waals surface area contributed by atoms with Gasteiger partial charge < -0.3 is 14.2 Å². The van der Waals surface area contributed by atoms with E-state index >= 15 is 0 Å². The highest BCUT2D eigenvalue weighted by Gasteiger charge is 2.39. The van der Waals surface area contributed by atoms with Crippen LogP contribution in [0.5, 0.6) is 0 Å². The fourth-order valence-corrected chi connectivity index (χ4v) is 3.71. The van der Waals surface area contributed by atoms with E-state index in [2.05, 4.69) is 0 Å². The van der Waals surface area contributed by atoms with Gasteiger partial charge in [0.05, 0.1) is 17.2 Å². The summed E-state index contributed by atoms with van der Waals surface area (Å²) in [5, 5.41) is 0. The standard InChI is InChI=1S/C27H25FO5/c1-17-3-7-20(8-4-17)26(29)31-16-25-24(33-27(30)21-9-5-18(2)6-10-21)15-23(32-25)19-11-13-22(28)14-12-19/h3-14,23-25H,15-16H2,1-2H3/t23-,24+,25-/m1/s1. The average Bonchev–Trinajstić information content (AvgIpc) is 3.21. The molecule has 1 fully saturated rings. The lowest BCUT2D eigenvalue weighted by Gasteiger charge is -2.19. The molecule has 170 valence electrons. The summed E-state index contributed by atoms with van der Waals surface area (Å²) in [4.78, 5) is 25.2. The fraction of sp³-hybridized carbons (Fsp3) is 0.259. The van der Waals surface area contributed by atoms with Gasteiger partial charge in [0.1, 0.15) is 24.6 Å². The number of aryl methyl sites for hydroxylation is 2. The average molecular weight is 448 g/mol. The monoisotopic (exact) mass is 448 g/mol. The molecule has 1 saturated heterocycles. The highest BCUT2D eigenvalue weighted by molar-refractivity contribution is 5.90. The molecule has 1 aliphatic rings. The molecule has 0 spiro atoms. The Labute approximate surface area is 192 Å². The molecule has 3 atom stereocenters. The van der Waals surface area contributed by atoms with E-state index in [1.807, 2.05) is 38.1 Å². The van der Waals surface area contributed by atoms with Crippen molar-refractivity contribution in [2.45, 2.75) is 38.6 Å². The molecule has 0 radical (unpaired) electrons. The molecule has 33 heavy (non-hydrogen) atoms. The van der Waals surface area contributed by atoms with Gasteiger partial charge in [-0.1, -0.05) is 47.5 Å². The summed E-state index contributed by atoms with van der Waals surface area (Å²) in [6.07, 6.45) is -1.32. The van der Waals surface area contributed by atoms with Crippen molar-refractivity contribution >= 4 is 11.9 Å². The van der Waals surface area contributed by atoms with Gasteiger partial charge in [0.25, 0.3) is 0 Å². The predicted octanol–water partition coefficient (Wildman–Crippen LogP) is 5.36. The van der Waals surface area contributed by atoms with Gasteiger partial charge in [-0.2, -0.15) is 0 Å². The van der Waals surface area contributed by atoms with E-state index < -0.39 is 30.3 Å². The number of benzene rings is 3. The van der Waals surface area contributed by atoms with Gasteiger partial charge in [0, 0.05) is 6.42 Å². The zero-order valence-corrected chi connectivity index (χ0v) is 18.5. The van der Waals surface area contributed by atoms with Crippen molar-refractivity contribution < 1.29 is 28.2 Å². The highest BCUT2D eigenvalue weighted by Crippen LogP contribution is 2.35. The summed E-state index contributed by atoms with van der Waals surface area (Å²) in [6, 6.07) is 20.1. The van der Waals surface area contributed by atoms with E-state index in [4.69, 9.17) is 14.2 Å². The van der Waals surface area contributed by atoms with E-state index in [-0.39, 0.29) is 12.4 Å².